The van der Waals surface area contributed by atoms with Gasteiger partial charge in [-0.2, -0.15) is 5.10 Å². The van der Waals surface area contributed by atoms with E-state index in [0.717, 1.165) is 27.3 Å². The minimum Gasteiger partial charge on any atom is -0.456 e. The first-order valence-electron chi connectivity index (χ1n) is 11.0. The zero-order valence-electron chi connectivity index (χ0n) is 19.0. The van der Waals surface area contributed by atoms with Crippen molar-refractivity contribution in [1.82, 2.24) is 19.2 Å². The normalized spacial score (nSPS) is 11.3. The topological polar surface area (TPSA) is 78.5 Å². The third-order valence-corrected chi connectivity index (χ3v) is 6.23. The molecule has 0 saturated heterocycles. The van der Waals surface area contributed by atoms with Crippen LogP contribution in [0.25, 0.3) is 22.3 Å². The average molecular weight is 483 g/mol. The molecule has 0 aliphatic heterocycles. The Morgan fingerprint density at radius 2 is 1.94 bits per heavy atom. The quantitative estimate of drug-likeness (QED) is 0.248. The van der Waals surface area contributed by atoms with Crippen LogP contribution in [0.1, 0.15) is 22.4 Å². The van der Waals surface area contributed by atoms with Crippen molar-refractivity contribution in [2.75, 3.05) is 0 Å². The molecule has 0 fully saturated rings. The largest absolute Gasteiger partial charge is 0.456 e. The number of aryl methyl sites for hydroxylation is 1. The fourth-order valence-corrected chi connectivity index (χ4v) is 4.43. The van der Waals surface area contributed by atoms with Gasteiger partial charge in [0.15, 0.2) is 0 Å². The van der Waals surface area contributed by atoms with Gasteiger partial charge < -0.3 is 4.74 Å². The number of carbonyl (C=O) groups is 1. The van der Waals surface area contributed by atoms with Gasteiger partial charge in [0.05, 0.1) is 17.1 Å². The first-order valence-corrected chi connectivity index (χ1v) is 11.9. The Morgan fingerprint density at radius 3 is 2.74 bits per heavy atom. The van der Waals surface area contributed by atoms with Crippen molar-refractivity contribution in [3.8, 4) is 10.6 Å². The smallest absolute Gasteiger partial charge is 0.331 e. The van der Waals surface area contributed by atoms with E-state index in [0.29, 0.717) is 17.9 Å². The van der Waals surface area contributed by atoms with Crippen LogP contribution in [0.3, 0.4) is 0 Å². The summed E-state index contributed by atoms with van der Waals surface area (Å²) in [4.78, 5) is 30.2. The molecule has 4 heterocycles. The molecule has 174 valence electrons. The van der Waals surface area contributed by atoms with Gasteiger partial charge in [-0.25, -0.2) is 9.78 Å². The van der Waals surface area contributed by atoms with Gasteiger partial charge >= 0.3 is 5.97 Å². The first-order chi connectivity index (χ1) is 17.0. The van der Waals surface area contributed by atoms with Crippen LogP contribution in [0.2, 0.25) is 0 Å². The molecule has 7 nitrogen and oxygen atoms in total. The molecule has 8 heteroatoms. The Bertz CT molecular complexity index is 1570. The predicted molar refractivity (Wildman–Crippen MR) is 136 cm³/mol. The van der Waals surface area contributed by atoms with Gasteiger partial charge in [0, 0.05) is 30.1 Å². The fraction of sp³-hybridized carbons (Fsp3) is 0.111. The number of thiophene rings is 1. The van der Waals surface area contributed by atoms with Gasteiger partial charge in [0.1, 0.15) is 17.9 Å². The zero-order valence-corrected chi connectivity index (χ0v) is 19.8. The Labute approximate surface area is 205 Å². The number of nitrogens with zero attached hydrogens (tertiary/aromatic N) is 4. The van der Waals surface area contributed by atoms with Gasteiger partial charge in [-0.3, -0.25) is 13.9 Å². The lowest BCUT2D eigenvalue weighted by molar-refractivity contribution is -0.139. The molecule has 0 atom stereocenters. The van der Waals surface area contributed by atoms with E-state index in [4.69, 9.17) is 9.84 Å². The van der Waals surface area contributed by atoms with E-state index in [9.17, 15) is 9.59 Å². The van der Waals surface area contributed by atoms with Crippen LogP contribution in [0, 0.1) is 6.92 Å². The lowest BCUT2D eigenvalue weighted by atomic mass is 10.2. The summed E-state index contributed by atoms with van der Waals surface area (Å²) >= 11 is 1.59. The molecule has 0 bridgehead atoms. The number of benzene rings is 1. The second kappa shape index (κ2) is 9.90. The van der Waals surface area contributed by atoms with E-state index in [2.05, 4.69) is 4.98 Å². The van der Waals surface area contributed by atoms with E-state index in [1.807, 2.05) is 71.7 Å². The monoisotopic (exact) mass is 482 g/mol. The van der Waals surface area contributed by atoms with Crippen LogP contribution in [-0.4, -0.2) is 25.1 Å². The molecule has 0 saturated carbocycles. The Kier molecular flexibility index (Phi) is 6.36. The molecular weight excluding hydrogens is 460 g/mol. The number of hydrogen-bond acceptors (Lipinski definition) is 6. The Hall–Kier alpha value is -4.30. The molecule has 0 unspecified atom stereocenters. The van der Waals surface area contributed by atoms with Crippen LogP contribution in [0.5, 0.6) is 0 Å². The highest BCUT2D eigenvalue weighted by molar-refractivity contribution is 7.13. The highest BCUT2D eigenvalue weighted by Crippen LogP contribution is 2.27. The fourth-order valence-electron chi connectivity index (χ4n) is 3.70. The molecule has 4 aromatic heterocycles. The van der Waals surface area contributed by atoms with Crippen molar-refractivity contribution in [2.45, 2.75) is 20.1 Å². The predicted octanol–water partition coefficient (Wildman–Crippen LogP) is 4.73. The molecule has 0 aliphatic rings. The molecule has 0 N–H and O–H groups in total. The van der Waals surface area contributed by atoms with E-state index in [-0.39, 0.29) is 12.2 Å². The molecule has 0 spiro atoms. The molecular formula is C27H22N4O3S. The SMILES string of the molecule is Cc1ccc2nc(COC(=O)C=Cc3cn(Cc4ccccc4)nc3-c3cccs3)cc(=O)n2c1. The molecule has 5 rings (SSSR count). The van der Waals surface area contributed by atoms with E-state index in [1.165, 1.54) is 16.5 Å². The molecule has 1 aromatic carbocycles. The van der Waals surface area contributed by atoms with Crippen molar-refractivity contribution in [1.29, 1.82) is 0 Å². The maximum Gasteiger partial charge on any atom is 0.331 e. The van der Waals surface area contributed by atoms with E-state index < -0.39 is 5.97 Å². The number of fused-ring (bicyclic) bond motifs is 1. The summed E-state index contributed by atoms with van der Waals surface area (Å²) in [6.45, 7) is 2.44. The van der Waals surface area contributed by atoms with Crippen molar-refractivity contribution in [3.63, 3.8) is 0 Å². The van der Waals surface area contributed by atoms with Crippen LogP contribution in [0.4, 0.5) is 0 Å². The minimum absolute atomic E-state index is 0.0894. The maximum atomic E-state index is 12.4. The van der Waals surface area contributed by atoms with Crippen LogP contribution in [0.15, 0.2) is 89.3 Å². The number of ether oxygens (including phenoxy) is 1. The third-order valence-electron chi connectivity index (χ3n) is 5.35. The van der Waals surface area contributed by atoms with Gasteiger partial charge in [0.25, 0.3) is 5.56 Å². The second-order valence-corrected chi connectivity index (χ2v) is 9.00. The highest BCUT2D eigenvalue weighted by atomic mass is 32.1. The number of aromatic nitrogens is 4. The first kappa shape index (κ1) is 22.5. The van der Waals surface area contributed by atoms with Crippen molar-refractivity contribution in [3.05, 3.63) is 117 Å². The molecule has 5 aromatic rings. The Balaban J connectivity index is 1.31. The van der Waals surface area contributed by atoms with Crippen molar-refractivity contribution in [2.24, 2.45) is 0 Å². The second-order valence-electron chi connectivity index (χ2n) is 8.05. The molecule has 0 aliphatic carbocycles. The van der Waals surface area contributed by atoms with Crippen LogP contribution in [-0.2, 0) is 22.7 Å². The van der Waals surface area contributed by atoms with E-state index >= 15 is 0 Å². The summed E-state index contributed by atoms with van der Waals surface area (Å²) in [5.41, 5.74) is 4.41. The summed E-state index contributed by atoms with van der Waals surface area (Å²) in [5.74, 6) is -0.524. The maximum absolute atomic E-state index is 12.4. The zero-order chi connectivity index (χ0) is 24.2. The Morgan fingerprint density at radius 1 is 1.09 bits per heavy atom. The number of esters is 1. The van der Waals surface area contributed by atoms with Gasteiger partial charge in [-0.15, -0.1) is 11.3 Å². The summed E-state index contributed by atoms with van der Waals surface area (Å²) in [7, 11) is 0. The lowest BCUT2D eigenvalue weighted by Gasteiger charge is -2.05. The molecule has 35 heavy (non-hydrogen) atoms. The number of rotatable bonds is 7. The summed E-state index contributed by atoms with van der Waals surface area (Å²) in [6, 6.07) is 19.1. The van der Waals surface area contributed by atoms with Gasteiger partial charge in [0.2, 0.25) is 0 Å². The number of carbonyl (C=O) groups excluding carboxylic acids is 1. The van der Waals surface area contributed by atoms with Crippen LogP contribution < -0.4 is 5.56 Å². The minimum atomic E-state index is -0.524. The molecule has 0 radical (unpaired) electrons. The van der Waals surface area contributed by atoms with Crippen LogP contribution >= 0.6 is 11.3 Å². The number of pyridine rings is 1. The summed E-state index contributed by atoms with van der Waals surface area (Å²) < 4.78 is 8.69. The molecule has 0 amide bonds. The summed E-state index contributed by atoms with van der Waals surface area (Å²) in [6.07, 6.45) is 6.72. The number of hydrogen-bond donors (Lipinski definition) is 0. The standard InChI is InChI=1S/C27H22N4O3S/c1-19-9-11-24-28-22(14-25(32)31(24)15-19)18-34-26(33)12-10-21-17-30(16-20-6-3-2-4-7-20)29-27(21)23-8-5-13-35-23/h2-15,17H,16,18H2,1H3. The average Bonchev–Trinajstić information content (AvgIpc) is 3.52. The van der Waals surface area contributed by atoms with Crippen molar-refractivity contribution < 1.29 is 9.53 Å². The summed E-state index contributed by atoms with van der Waals surface area (Å²) in [5, 5.41) is 6.73. The third kappa shape index (κ3) is 5.28. The van der Waals surface area contributed by atoms with Crippen molar-refractivity contribution >= 4 is 29.0 Å². The van der Waals surface area contributed by atoms with E-state index in [1.54, 1.807) is 29.7 Å². The van der Waals surface area contributed by atoms with Gasteiger partial charge in [-0.05, 0) is 41.6 Å². The highest BCUT2D eigenvalue weighted by Gasteiger charge is 2.12. The van der Waals surface area contributed by atoms with Gasteiger partial charge in [-0.1, -0.05) is 42.5 Å². The lowest BCUT2D eigenvalue weighted by Crippen LogP contribution is -2.16.